The number of likely N-dealkylation sites (tertiary alicyclic amines) is 2. The van der Waals surface area contributed by atoms with Gasteiger partial charge in [0.05, 0.1) is 0 Å². The van der Waals surface area contributed by atoms with Gasteiger partial charge in [0.1, 0.15) is 12.9 Å². The van der Waals surface area contributed by atoms with Gasteiger partial charge >= 0.3 is 0 Å². The molecule has 1 aromatic heterocycles. The van der Waals surface area contributed by atoms with Gasteiger partial charge in [-0.1, -0.05) is 0 Å². The number of anilines is 1. The van der Waals surface area contributed by atoms with Gasteiger partial charge < -0.3 is 15.5 Å². The van der Waals surface area contributed by atoms with Crippen molar-refractivity contribution >= 4 is 17.8 Å². The van der Waals surface area contributed by atoms with Gasteiger partial charge in [-0.15, -0.1) is 5.10 Å². The van der Waals surface area contributed by atoms with Gasteiger partial charge in [0.2, 0.25) is 17.8 Å². The summed E-state index contributed by atoms with van der Waals surface area (Å²) >= 11 is 0. The Morgan fingerprint density at radius 1 is 1.08 bits per heavy atom. The molecule has 1 aliphatic carbocycles. The second-order valence-corrected chi connectivity index (χ2v) is 7.30. The molecule has 2 atom stereocenters. The number of fused-ring (bicyclic) bond motifs is 1. The number of rotatable bonds is 3. The van der Waals surface area contributed by atoms with Crippen molar-refractivity contribution in [2.45, 2.75) is 32.2 Å². The van der Waals surface area contributed by atoms with E-state index in [0.29, 0.717) is 23.7 Å². The van der Waals surface area contributed by atoms with Crippen LogP contribution in [-0.2, 0) is 16.1 Å². The van der Waals surface area contributed by atoms with Crippen LogP contribution in [0, 0.1) is 17.8 Å². The molecule has 0 radical (unpaired) electrons. The number of amides is 2. The number of nitrogens with zero attached hydrogens (tertiary/aromatic N) is 5. The third kappa shape index (κ3) is 3.09. The predicted octanol–water partition coefficient (Wildman–Crippen LogP) is -0.0327. The highest BCUT2D eigenvalue weighted by atomic mass is 16.2. The van der Waals surface area contributed by atoms with Crippen LogP contribution in [-0.4, -0.2) is 62.6 Å². The maximum atomic E-state index is 12.5. The molecule has 4 rings (SSSR count). The molecule has 8 heteroatoms. The molecule has 0 bridgehead atoms. The highest BCUT2D eigenvalue weighted by molar-refractivity contribution is 5.81. The first-order valence-electron chi connectivity index (χ1n) is 8.81. The van der Waals surface area contributed by atoms with Crippen molar-refractivity contribution in [1.29, 1.82) is 0 Å². The lowest BCUT2D eigenvalue weighted by Gasteiger charge is -2.45. The molecule has 8 nitrogen and oxygen atoms in total. The summed E-state index contributed by atoms with van der Waals surface area (Å²) in [6.45, 7) is 3.46. The van der Waals surface area contributed by atoms with E-state index in [2.05, 4.69) is 15.0 Å². The largest absolute Gasteiger partial charge is 0.367 e. The van der Waals surface area contributed by atoms with E-state index in [0.717, 1.165) is 51.9 Å². The number of hydrogen-bond donors (Lipinski definition) is 1. The number of carbonyl (C=O) groups is 2. The van der Waals surface area contributed by atoms with Gasteiger partial charge in [-0.25, -0.2) is 9.67 Å². The minimum Gasteiger partial charge on any atom is -0.367 e. The Kier molecular flexibility index (Phi) is 3.90. The van der Waals surface area contributed by atoms with Crippen LogP contribution in [0.5, 0.6) is 0 Å². The number of nitrogen functional groups attached to an aromatic ring is 1. The first kappa shape index (κ1) is 15.4. The molecule has 2 saturated heterocycles. The summed E-state index contributed by atoms with van der Waals surface area (Å²) in [5, 5.41) is 3.97. The van der Waals surface area contributed by atoms with Crippen molar-refractivity contribution in [2.75, 3.05) is 31.9 Å². The van der Waals surface area contributed by atoms with Crippen LogP contribution in [0.3, 0.4) is 0 Å². The monoisotopic (exact) mass is 332 g/mol. The lowest BCUT2D eigenvalue weighted by molar-refractivity contribution is -0.140. The van der Waals surface area contributed by atoms with Crippen LogP contribution in [0.4, 0.5) is 5.95 Å². The van der Waals surface area contributed by atoms with Crippen LogP contribution < -0.4 is 5.73 Å². The maximum Gasteiger partial charge on any atom is 0.244 e. The summed E-state index contributed by atoms with van der Waals surface area (Å²) in [4.78, 5) is 32.5. The molecule has 1 saturated carbocycles. The minimum atomic E-state index is 0.0647. The van der Waals surface area contributed by atoms with Crippen molar-refractivity contribution < 1.29 is 9.59 Å². The lowest BCUT2D eigenvalue weighted by atomic mass is 9.80. The average molecular weight is 332 g/mol. The summed E-state index contributed by atoms with van der Waals surface area (Å²) in [5.74, 6) is 1.96. The second-order valence-electron chi connectivity index (χ2n) is 7.30. The Bertz CT molecular complexity index is 640. The molecule has 3 aliphatic rings. The van der Waals surface area contributed by atoms with Crippen molar-refractivity contribution in [3.05, 3.63) is 6.33 Å². The standard InChI is InChI=1S/C16H24N6O2/c17-16-18-10-22(19-16)9-14(23)20-5-3-13-8-21(6-4-12(13)7-20)15(24)11-1-2-11/h10-13H,1-9H2,(H2,17,19). The first-order valence-corrected chi connectivity index (χ1v) is 8.81. The fraction of sp³-hybridized carbons (Fsp3) is 0.750. The summed E-state index contributed by atoms with van der Waals surface area (Å²) < 4.78 is 1.49. The van der Waals surface area contributed by atoms with Crippen molar-refractivity contribution in [3.8, 4) is 0 Å². The van der Waals surface area contributed by atoms with E-state index < -0.39 is 0 Å². The molecule has 24 heavy (non-hydrogen) atoms. The van der Waals surface area contributed by atoms with Gasteiger partial charge in [-0.3, -0.25) is 9.59 Å². The van der Waals surface area contributed by atoms with Gasteiger partial charge in [0.25, 0.3) is 0 Å². The molecular weight excluding hydrogens is 308 g/mol. The molecule has 2 N–H and O–H groups in total. The Labute approximate surface area is 141 Å². The summed E-state index contributed by atoms with van der Waals surface area (Å²) in [5.41, 5.74) is 5.48. The Hall–Kier alpha value is -2.12. The zero-order chi connectivity index (χ0) is 16.7. The zero-order valence-corrected chi connectivity index (χ0v) is 13.8. The molecule has 3 heterocycles. The number of aromatic nitrogens is 3. The number of carbonyl (C=O) groups excluding carboxylic acids is 2. The van der Waals surface area contributed by atoms with Gasteiger partial charge in [0, 0.05) is 32.1 Å². The van der Waals surface area contributed by atoms with E-state index in [1.165, 1.54) is 11.0 Å². The summed E-state index contributed by atoms with van der Waals surface area (Å²) in [6.07, 6.45) is 5.60. The Balaban J connectivity index is 1.31. The quantitative estimate of drug-likeness (QED) is 0.838. The fourth-order valence-corrected chi connectivity index (χ4v) is 3.98. The van der Waals surface area contributed by atoms with Crippen LogP contribution in [0.15, 0.2) is 6.33 Å². The maximum absolute atomic E-state index is 12.5. The van der Waals surface area contributed by atoms with Gasteiger partial charge in [0.15, 0.2) is 0 Å². The molecule has 0 spiro atoms. The van der Waals surface area contributed by atoms with Crippen LogP contribution in [0.2, 0.25) is 0 Å². The van der Waals surface area contributed by atoms with Crippen molar-refractivity contribution in [2.24, 2.45) is 17.8 Å². The van der Waals surface area contributed by atoms with E-state index in [9.17, 15) is 9.59 Å². The van der Waals surface area contributed by atoms with Crippen LogP contribution in [0.25, 0.3) is 0 Å². The topological polar surface area (TPSA) is 97.3 Å². The molecule has 2 amide bonds. The third-order valence-electron chi connectivity index (χ3n) is 5.56. The third-order valence-corrected chi connectivity index (χ3v) is 5.56. The minimum absolute atomic E-state index is 0.0647. The predicted molar refractivity (Wildman–Crippen MR) is 86.5 cm³/mol. The lowest BCUT2D eigenvalue weighted by Crippen LogP contribution is -2.52. The van der Waals surface area contributed by atoms with E-state index in [-0.39, 0.29) is 18.4 Å². The number of hydrogen-bond acceptors (Lipinski definition) is 5. The molecule has 130 valence electrons. The van der Waals surface area contributed by atoms with Crippen LogP contribution in [0.1, 0.15) is 25.7 Å². The highest BCUT2D eigenvalue weighted by Crippen LogP contribution is 2.36. The molecular formula is C16H24N6O2. The molecule has 2 unspecified atom stereocenters. The van der Waals surface area contributed by atoms with Crippen LogP contribution >= 0.6 is 0 Å². The zero-order valence-electron chi connectivity index (χ0n) is 13.8. The van der Waals surface area contributed by atoms with Crippen molar-refractivity contribution in [3.63, 3.8) is 0 Å². The molecule has 1 aromatic rings. The normalized spacial score (nSPS) is 27.0. The Morgan fingerprint density at radius 3 is 2.38 bits per heavy atom. The van der Waals surface area contributed by atoms with Crippen molar-refractivity contribution in [1.82, 2.24) is 24.6 Å². The smallest absolute Gasteiger partial charge is 0.244 e. The average Bonchev–Trinajstić information content (AvgIpc) is 3.36. The second kappa shape index (κ2) is 6.07. The number of piperidine rings is 2. The van der Waals surface area contributed by atoms with E-state index in [1.54, 1.807) is 0 Å². The SMILES string of the molecule is Nc1ncn(CC(=O)N2CCC3CN(C(=O)C4CC4)CCC3C2)n1. The van der Waals surface area contributed by atoms with Gasteiger partial charge in [-0.2, -0.15) is 0 Å². The molecule has 2 aliphatic heterocycles. The summed E-state index contributed by atoms with van der Waals surface area (Å²) in [7, 11) is 0. The number of nitrogens with two attached hydrogens (primary N) is 1. The van der Waals surface area contributed by atoms with E-state index in [1.807, 2.05) is 4.90 Å². The summed E-state index contributed by atoms with van der Waals surface area (Å²) in [6, 6.07) is 0. The molecule has 3 fully saturated rings. The Morgan fingerprint density at radius 2 is 1.75 bits per heavy atom. The fourth-order valence-electron chi connectivity index (χ4n) is 3.98. The molecule has 0 aromatic carbocycles. The first-order chi connectivity index (χ1) is 11.6. The van der Waals surface area contributed by atoms with E-state index >= 15 is 0 Å². The van der Waals surface area contributed by atoms with E-state index in [4.69, 9.17) is 5.73 Å². The van der Waals surface area contributed by atoms with Gasteiger partial charge in [-0.05, 0) is 37.5 Å². The highest BCUT2D eigenvalue weighted by Gasteiger charge is 2.40.